The molecule has 0 saturated heterocycles. The Kier molecular flexibility index (Phi) is 5.70. The van der Waals surface area contributed by atoms with Crippen molar-refractivity contribution in [2.75, 3.05) is 11.9 Å². The number of alkyl halides is 3. The molecule has 3 aromatic carbocycles. The molecule has 0 amide bonds. The van der Waals surface area contributed by atoms with Crippen molar-refractivity contribution in [3.8, 4) is 17.1 Å². The Morgan fingerprint density at radius 1 is 0.941 bits per heavy atom. The van der Waals surface area contributed by atoms with Crippen molar-refractivity contribution >= 4 is 23.3 Å². The molecule has 1 aliphatic heterocycles. The molecule has 1 atom stereocenters. The first-order chi connectivity index (χ1) is 16.3. The van der Waals surface area contributed by atoms with Crippen molar-refractivity contribution in [2.24, 2.45) is 4.99 Å². The van der Waals surface area contributed by atoms with E-state index in [1.165, 1.54) is 23.1 Å². The summed E-state index contributed by atoms with van der Waals surface area (Å²) in [4.78, 5) is 8.83. The molecule has 1 unspecified atom stereocenters. The Labute approximate surface area is 197 Å². The fraction of sp³-hybridized carbons (Fsp3) is 0.125. The summed E-state index contributed by atoms with van der Waals surface area (Å²) in [6.45, 7) is 0.438. The van der Waals surface area contributed by atoms with Gasteiger partial charge in [0, 0.05) is 16.3 Å². The molecule has 1 aliphatic rings. The number of benzene rings is 3. The van der Waals surface area contributed by atoms with E-state index in [0.717, 1.165) is 28.9 Å². The summed E-state index contributed by atoms with van der Waals surface area (Å²) in [5.41, 5.74) is 2.32. The lowest BCUT2D eigenvalue weighted by atomic mass is 10.1. The minimum atomic E-state index is -4.38. The van der Waals surface area contributed by atoms with Gasteiger partial charge in [0.2, 0.25) is 0 Å². The van der Waals surface area contributed by atoms with Crippen LogP contribution in [0.4, 0.5) is 18.9 Å². The quantitative estimate of drug-likeness (QED) is 0.378. The van der Waals surface area contributed by atoms with Gasteiger partial charge in [-0.2, -0.15) is 13.2 Å². The van der Waals surface area contributed by atoms with E-state index in [-0.39, 0.29) is 6.04 Å². The van der Waals surface area contributed by atoms with Crippen LogP contribution in [0.15, 0.2) is 84.1 Å². The molecule has 1 aromatic heterocycles. The number of aromatic nitrogens is 3. The van der Waals surface area contributed by atoms with Crippen molar-refractivity contribution < 1.29 is 17.9 Å². The van der Waals surface area contributed by atoms with Crippen LogP contribution in [0, 0.1) is 0 Å². The Bertz CT molecular complexity index is 1320. The molecule has 10 heteroatoms. The molecule has 0 spiro atoms. The van der Waals surface area contributed by atoms with Gasteiger partial charge in [-0.3, -0.25) is 0 Å². The number of halogens is 4. The molecule has 0 radical (unpaired) electrons. The summed E-state index contributed by atoms with van der Waals surface area (Å²) in [6.07, 6.45) is -2.92. The number of hydrogen-bond acceptors (Lipinski definition) is 5. The molecule has 172 valence electrons. The van der Waals surface area contributed by atoms with E-state index in [2.05, 4.69) is 20.4 Å². The van der Waals surface area contributed by atoms with Gasteiger partial charge in [0.15, 0.2) is 5.82 Å². The smallest absolute Gasteiger partial charge is 0.416 e. The van der Waals surface area contributed by atoms with E-state index >= 15 is 0 Å². The Morgan fingerprint density at radius 3 is 2.32 bits per heavy atom. The third-order valence-corrected chi connectivity index (χ3v) is 5.50. The maximum atomic E-state index is 12.8. The van der Waals surface area contributed by atoms with Crippen LogP contribution >= 0.6 is 11.6 Å². The van der Waals surface area contributed by atoms with Crippen molar-refractivity contribution in [3.05, 3.63) is 95.3 Å². The Balaban J connectivity index is 1.26. The zero-order valence-electron chi connectivity index (χ0n) is 17.5. The molecule has 5 rings (SSSR count). The maximum absolute atomic E-state index is 12.8. The zero-order valence-corrected chi connectivity index (χ0v) is 18.3. The lowest BCUT2D eigenvalue weighted by Gasteiger charge is -2.07. The van der Waals surface area contributed by atoms with Gasteiger partial charge in [-0.1, -0.05) is 23.7 Å². The predicted molar refractivity (Wildman–Crippen MR) is 123 cm³/mol. The average Bonchev–Trinajstić information content (AvgIpc) is 3.50. The Morgan fingerprint density at radius 2 is 1.65 bits per heavy atom. The summed E-state index contributed by atoms with van der Waals surface area (Å²) >= 11 is 5.94. The van der Waals surface area contributed by atoms with Gasteiger partial charge in [-0.25, -0.2) is 14.7 Å². The first kappa shape index (κ1) is 22.0. The van der Waals surface area contributed by atoms with E-state index in [0.29, 0.717) is 29.2 Å². The van der Waals surface area contributed by atoms with Gasteiger partial charge in [-0.15, -0.1) is 5.10 Å². The molecule has 0 bridgehead atoms. The molecule has 6 nitrogen and oxygen atoms in total. The van der Waals surface area contributed by atoms with Crippen LogP contribution in [0.3, 0.4) is 0 Å². The molecule has 0 aliphatic carbocycles. The molecule has 1 N–H and O–H groups in total. The number of aliphatic imine (C=N–C) groups is 1. The highest BCUT2D eigenvalue weighted by Crippen LogP contribution is 2.30. The zero-order chi connectivity index (χ0) is 23.7. The van der Waals surface area contributed by atoms with Crippen LogP contribution in [0.5, 0.6) is 0 Å². The highest BCUT2D eigenvalue weighted by Gasteiger charge is 2.30. The minimum absolute atomic E-state index is 0.0996. The monoisotopic (exact) mass is 483 g/mol. The van der Waals surface area contributed by atoms with Crippen molar-refractivity contribution in [1.82, 2.24) is 14.8 Å². The average molecular weight is 484 g/mol. The van der Waals surface area contributed by atoms with E-state index in [1.54, 1.807) is 0 Å². The largest absolute Gasteiger partial charge is 0.462 e. The van der Waals surface area contributed by atoms with Crippen LogP contribution in [-0.4, -0.2) is 27.4 Å². The molecule has 0 saturated carbocycles. The highest BCUT2D eigenvalue weighted by molar-refractivity contribution is 6.30. The molecule has 2 heterocycles. The summed E-state index contributed by atoms with van der Waals surface area (Å²) in [5, 5.41) is 8.18. The lowest BCUT2D eigenvalue weighted by molar-refractivity contribution is -0.137. The van der Waals surface area contributed by atoms with E-state index in [1.807, 2.05) is 48.5 Å². The third kappa shape index (κ3) is 4.74. The van der Waals surface area contributed by atoms with E-state index < -0.39 is 11.7 Å². The number of amidine groups is 1. The Hall–Kier alpha value is -3.85. The fourth-order valence-electron chi connectivity index (χ4n) is 3.45. The maximum Gasteiger partial charge on any atom is 0.416 e. The summed E-state index contributed by atoms with van der Waals surface area (Å²) in [5.74, 6) is 0.448. The summed E-state index contributed by atoms with van der Waals surface area (Å²) in [6, 6.07) is 19.9. The minimum Gasteiger partial charge on any atom is -0.462 e. The van der Waals surface area contributed by atoms with Gasteiger partial charge in [-0.05, 0) is 66.2 Å². The number of anilines is 1. The first-order valence-corrected chi connectivity index (χ1v) is 10.7. The SMILES string of the molecule is FC(F)(F)c1ccc(-n2cnc(-c3ccc(NC4=NC(c5ccc(Cl)cc5)CO4)cc3)n2)cc1. The number of ether oxygens (including phenoxy) is 1. The highest BCUT2D eigenvalue weighted by atomic mass is 35.5. The van der Waals surface area contributed by atoms with E-state index in [4.69, 9.17) is 16.3 Å². The molecule has 0 fully saturated rings. The molecular weight excluding hydrogens is 467 g/mol. The van der Waals surface area contributed by atoms with Crippen LogP contribution < -0.4 is 5.32 Å². The van der Waals surface area contributed by atoms with Crippen molar-refractivity contribution in [2.45, 2.75) is 12.2 Å². The summed E-state index contributed by atoms with van der Waals surface area (Å²) in [7, 11) is 0. The topological polar surface area (TPSA) is 64.3 Å². The van der Waals surface area contributed by atoms with Gasteiger partial charge in [0.05, 0.1) is 11.3 Å². The number of nitrogens with one attached hydrogen (secondary N) is 1. The third-order valence-electron chi connectivity index (χ3n) is 5.25. The van der Waals surface area contributed by atoms with Gasteiger partial charge in [0.1, 0.15) is 19.0 Å². The first-order valence-electron chi connectivity index (χ1n) is 10.3. The van der Waals surface area contributed by atoms with Crippen LogP contribution in [-0.2, 0) is 10.9 Å². The van der Waals surface area contributed by atoms with Gasteiger partial charge >= 0.3 is 6.18 Å². The van der Waals surface area contributed by atoms with Crippen LogP contribution in [0.2, 0.25) is 5.02 Å². The fourth-order valence-corrected chi connectivity index (χ4v) is 3.57. The molecule has 4 aromatic rings. The number of rotatable bonds is 4. The number of nitrogens with zero attached hydrogens (tertiary/aromatic N) is 4. The standard InChI is InChI=1S/C24H17ClF3N5O/c25-18-7-1-15(2-8-18)21-13-34-23(31-21)30-19-9-3-16(4-10-19)22-29-14-33(32-22)20-11-5-17(6-12-20)24(26,27)28/h1-12,14,21H,13H2,(H,30,31). The van der Waals surface area contributed by atoms with Crippen LogP contribution in [0.25, 0.3) is 17.1 Å². The van der Waals surface area contributed by atoms with Crippen molar-refractivity contribution in [1.29, 1.82) is 0 Å². The second-order valence-corrected chi connectivity index (χ2v) is 8.01. The van der Waals surface area contributed by atoms with Crippen LogP contribution in [0.1, 0.15) is 17.2 Å². The summed E-state index contributed by atoms with van der Waals surface area (Å²) < 4.78 is 45.4. The lowest BCUT2D eigenvalue weighted by Crippen LogP contribution is -2.11. The predicted octanol–water partition coefficient (Wildman–Crippen LogP) is 6.15. The normalized spacial score (nSPS) is 15.6. The van der Waals surface area contributed by atoms with Crippen molar-refractivity contribution in [3.63, 3.8) is 0 Å². The molecule has 34 heavy (non-hydrogen) atoms. The number of hydrogen-bond donors (Lipinski definition) is 1. The van der Waals surface area contributed by atoms with Gasteiger partial charge in [0.25, 0.3) is 6.02 Å². The molecular formula is C24H17ClF3N5O. The second-order valence-electron chi connectivity index (χ2n) is 7.57. The van der Waals surface area contributed by atoms with E-state index in [9.17, 15) is 13.2 Å². The van der Waals surface area contributed by atoms with Gasteiger partial charge < -0.3 is 10.1 Å². The second kappa shape index (κ2) is 8.83.